The fourth-order valence-corrected chi connectivity index (χ4v) is 1.64. The van der Waals surface area contributed by atoms with Crippen LogP contribution in [0, 0.1) is 0 Å². The van der Waals surface area contributed by atoms with Crippen LogP contribution >= 0.6 is 0 Å². The van der Waals surface area contributed by atoms with Crippen molar-refractivity contribution in [3.63, 3.8) is 0 Å². The SMILES string of the molecule is CCC(O)c1ccccc1OCCCCOC. The monoisotopic (exact) mass is 238 g/mol. The quantitative estimate of drug-likeness (QED) is 0.708. The van der Waals surface area contributed by atoms with Crippen molar-refractivity contribution >= 4 is 0 Å². The minimum atomic E-state index is -0.440. The van der Waals surface area contributed by atoms with Gasteiger partial charge in [-0.25, -0.2) is 0 Å². The summed E-state index contributed by atoms with van der Waals surface area (Å²) in [5, 5.41) is 9.85. The van der Waals surface area contributed by atoms with Crippen molar-refractivity contribution < 1.29 is 14.6 Å². The van der Waals surface area contributed by atoms with E-state index in [4.69, 9.17) is 9.47 Å². The molecule has 0 heterocycles. The molecule has 0 aliphatic carbocycles. The first-order valence-corrected chi connectivity index (χ1v) is 6.18. The van der Waals surface area contributed by atoms with Crippen LogP contribution in [0.25, 0.3) is 0 Å². The zero-order valence-corrected chi connectivity index (χ0v) is 10.7. The summed E-state index contributed by atoms with van der Waals surface area (Å²) in [4.78, 5) is 0. The van der Waals surface area contributed by atoms with Crippen LogP contribution in [0.1, 0.15) is 37.9 Å². The molecule has 0 saturated carbocycles. The van der Waals surface area contributed by atoms with Crippen molar-refractivity contribution in [3.8, 4) is 5.75 Å². The minimum Gasteiger partial charge on any atom is -0.493 e. The average molecular weight is 238 g/mol. The Morgan fingerprint density at radius 3 is 2.59 bits per heavy atom. The summed E-state index contributed by atoms with van der Waals surface area (Å²) >= 11 is 0. The van der Waals surface area contributed by atoms with Gasteiger partial charge in [0.2, 0.25) is 0 Å². The van der Waals surface area contributed by atoms with Crippen LogP contribution in [0.5, 0.6) is 5.75 Å². The zero-order valence-electron chi connectivity index (χ0n) is 10.7. The molecule has 1 unspecified atom stereocenters. The number of aliphatic hydroxyl groups is 1. The first-order valence-electron chi connectivity index (χ1n) is 6.18. The van der Waals surface area contributed by atoms with E-state index in [1.807, 2.05) is 31.2 Å². The normalized spacial score (nSPS) is 12.4. The van der Waals surface area contributed by atoms with Crippen molar-refractivity contribution in [1.29, 1.82) is 0 Å². The van der Waals surface area contributed by atoms with Gasteiger partial charge in [0.1, 0.15) is 5.75 Å². The van der Waals surface area contributed by atoms with E-state index >= 15 is 0 Å². The second kappa shape index (κ2) is 8.09. The number of benzene rings is 1. The van der Waals surface area contributed by atoms with E-state index < -0.39 is 6.10 Å². The first kappa shape index (κ1) is 14.0. The number of methoxy groups -OCH3 is 1. The maximum atomic E-state index is 9.85. The van der Waals surface area contributed by atoms with Gasteiger partial charge in [-0.1, -0.05) is 25.1 Å². The van der Waals surface area contributed by atoms with Crippen molar-refractivity contribution in [2.24, 2.45) is 0 Å². The molecule has 0 radical (unpaired) electrons. The van der Waals surface area contributed by atoms with Gasteiger partial charge in [0.05, 0.1) is 12.7 Å². The molecule has 1 atom stereocenters. The van der Waals surface area contributed by atoms with Crippen LogP contribution < -0.4 is 4.74 Å². The third-order valence-electron chi connectivity index (χ3n) is 2.67. The summed E-state index contributed by atoms with van der Waals surface area (Å²) in [6, 6.07) is 7.67. The molecule has 1 aromatic carbocycles. The summed E-state index contributed by atoms with van der Waals surface area (Å²) in [5.74, 6) is 0.791. The number of hydrogen-bond donors (Lipinski definition) is 1. The van der Waals surface area contributed by atoms with Crippen LogP contribution in [-0.2, 0) is 4.74 Å². The maximum Gasteiger partial charge on any atom is 0.125 e. The van der Waals surface area contributed by atoms with E-state index in [2.05, 4.69) is 0 Å². The van der Waals surface area contributed by atoms with Gasteiger partial charge in [0, 0.05) is 19.3 Å². The van der Waals surface area contributed by atoms with E-state index in [0.29, 0.717) is 13.0 Å². The van der Waals surface area contributed by atoms with Gasteiger partial charge in [0.25, 0.3) is 0 Å². The third-order valence-corrected chi connectivity index (χ3v) is 2.67. The molecule has 3 nitrogen and oxygen atoms in total. The highest BCUT2D eigenvalue weighted by atomic mass is 16.5. The highest BCUT2D eigenvalue weighted by Gasteiger charge is 2.10. The maximum absolute atomic E-state index is 9.85. The van der Waals surface area contributed by atoms with E-state index in [-0.39, 0.29) is 0 Å². The third kappa shape index (κ3) is 4.75. The lowest BCUT2D eigenvalue weighted by Gasteiger charge is -2.14. The molecule has 0 aromatic heterocycles. The number of hydrogen-bond acceptors (Lipinski definition) is 3. The molecule has 1 aromatic rings. The van der Waals surface area contributed by atoms with Gasteiger partial charge >= 0.3 is 0 Å². The van der Waals surface area contributed by atoms with E-state index in [1.54, 1.807) is 7.11 Å². The second-order valence-electron chi connectivity index (χ2n) is 4.01. The molecule has 3 heteroatoms. The number of unbranched alkanes of at least 4 members (excludes halogenated alkanes) is 1. The Balaban J connectivity index is 2.46. The smallest absolute Gasteiger partial charge is 0.125 e. The Bertz CT molecular complexity index is 312. The van der Waals surface area contributed by atoms with Crippen molar-refractivity contribution in [3.05, 3.63) is 29.8 Å². The number of ether oxygens (including phenoxy) is 2. The Kier molecular flexibility index (Phi) is 6.67. The van der Waals surface area contributed by atoms with Crippen LogP contribution in [0.3, 0.4) is 0 Å². The first-order chi connectivity index (χ1) is 8.29. The molecule has 0 amide bonds. The Labute approximate surface area is 103 Å². The molecular formula is C14H22O3. The van der Waals surface area contributed by atoms with Crippen molar-refractivity contribution in [1.82, 2.24) is 0 Å². The molecule has 1 N–H and O–H groups in total. The van der Waals surface area contributed by atoms with Gasteiger partial charge in [0.15, 0.2) is 0 Å². The highest BCUT2D eigenvalue weighted by molar-refractivity contribution is 5.34. The molecule has 0 aliphatic rings. The second-order valence-corrected chi connectivity index (χ2v) is 4.01. The summed E-state index contributed by atoms with van der Waals surface area (Å²) in [7, 11) is 1.70. The Morgan fingerprint density at radius 1 is 1.18 bits per heavy atom. The molecule has 0 bridgehead atoms. The minimum absolute atomic E-state index is 0.440. The average Bonchev–Trinajstić information content (AvgIpc) is 2.38. The number of para-hydroxylation sites is 1. The van der Waals surface area contributed by atoms with Gasteiger partial charge in [-0.3, -0.25) is 0 Å². The lowest BCUT2D eigenvalue weighted by Crippen LogP contribution is -2.04. The molecule has 1 rings (SSSR count). The molecule has 17 heavy (non-hydrogen) atoms. The van der Waals surface area contributed by atoms with Gasteiger partial charge in [-0.05, 0) is 25.3 Å². The molecule has 0 aliphatic heterocycles. The van der Waals surface area contributed by atoms with Crippen molar-refractivity contribution in [2.45, 2.75) is 32.3 Å². The van der Waals surface area contributed by atoms with E-state index in [9.17, 15) is 5.11 Å². The fourth-order valence-electron chi connectivity index (χ4n) is 1.64. The van der Waals surface area contributed by atoms with Crippen molar-refractivity contribution in [2.75, 3.05) is 20.3 Å². The molecule has 96 valence electrons. The van der Waals surface area contributed by atoms with E-state index in [0.717, 1.165) is 30.8 Å². The van der Waals surface area contributed by atoms with Crippen LogP contribution in [-0.4, -0.2) is 25.4 Å². The Morgan fingerprint density at radius 2 is 1.88 bits per heavy atom. The molecule has 0 fully saturated rings. The summed E-state index contributed by atoms with van der Waals surface area (Å²) in [5.41, 5.74) is 0.877. The molecular weight excluding hydrogens is 216 g/mol. The van der Waals surface area contributed by atoms with Crippen LogP contribution in [0.4, 0.5) is 0 Å². The fraction of sp³-hybridized carbons (Fsp3) is 0.571. The lowest BCUT2D eigenvalue weighted by atomic mass is 10.1. The Hall–Kier alpha value is -1.06. The van der Waals surface area contributed by atoms with Crippen LogP contribution in [0.15, 0.2) is 24.3 Å². The summed E-state index contributed by atoms with van der Waals surface area (Å²) < 4.78 is 10.7. The van der Waals surface area contributed by atoms with Gasteiger partial charge in [-0.2, -0.15) is 0 Å². The lowest BCUT2D eigenvalue weighted by molar-refractivity contribution is 0.164. The van der Waals surface area contributed by atoms with Crippen LogP contribution in [0.2, 0.25) is 0 Å². The molecule has 0 spiro atoms. The summed E-state index contributed by atoms with van der Waals surface area (Å²) in [6.07, 6.45) is 2.22. The standard InChI is InChI=1S/C14H22O3/c1-3-13(15)12-8-4-5-9-14(12)17-11-7-6-10-16-2/h4-5,8-9,13,15H,3,6-7,10-11H2,1-2H3. The zero-order chi connectivity index (χ0) is 12.5. The molecule has 0 saturated heterocycles. The number of rotatable bonds is 8. The highest BCUT2D eigenvalue weighted by Crippen LogP contribution is 2.26. The number of aliphatic hydroxyl groups excluding tert-OH is 1. The largest absolute Gasteiger partial charge is 0.493 e. The van der Waals surface area contributed by atoms with Gasteiger partial charge < -0.3 is 14.6 Å². The predicted molar refractivity (Wildman–Crippen MR) is 68.3 cm³/mol. The van der Waals surface area contributed by atoms with E-state index in [1.165, 1.54) is 0 Å². The predicted octanol–water partition coefficient (Wildman–Crippen LogP) is 2.94. The topological polar surface area (TPSA) is 38.7 Å². The summed E-state index contributed by atoms with van der Waals surface area (Å²) in [6.45, 7) is 3.39. The van der Waals surface area contributed by atoms with Gasteiger partial charge in [-0.15, -0.1) is 0 Å².